The fraction of sp³-hybridized carbons (Fsp3) is 0.833. The van der Waals surface area contributed by atoms with Crippen molar-refractivity contribution in [3.05, 3.63) is 0 Å². The van der Waals surface area contributed by atoms with Crippen molar-refractivity contribution >= 4 is 11.8 Å². The van der Waals surface area contributed by atoms with Crippen LogP contribution >= 0.6 is 0 Å². The van der Waals surface area contributed by atoms with E-state index in [0.717, 1.165) is 13.0 Å². The van der Waals surface area contributed by atoms with Gasteiger partial charge in [-0.15, -0.1) is 0 Å². The Bertz CT molecular complexity index is 253. The Labute approximate surface area is 97.4 Å². The lowest BCUT2D eigenvalue weighted by Crippen LogP contribution is -2.42. The molecule has 4 nitrogen and oxygen atoms in total. The number of rotatable bonds is 4. The molecule has 0 aromatic rings. The first kappa shape index (κ1) is 13.2. The van der Waals surface area contributed by atoms with Gasteiger partial charge in [0.05, 0.1) is 0 Å². The number of nitrogens with zero attached hydrogens (tertiary/aromatic N) is 1. The van der Waals surface area contributed by atoms with Gasteiger partial charge < -0.3 is 5.32 Å². The average molecular weight is 226 g/mol. The first-order valence-corrected chi connectivity index (χ1v) is 5.98. The summed E-state index contributed by atoms with van der Waals surface area (Å²) in [6, 6.07) is 0. The number of imide groups is 1. The largest absolute Gasteiger partial charge is 0.312 e. The summed E-state index contributed by atoms with van der Waals surface area (Å²) < 4.78 is 0. The second kappa shape index (κ2) is 5.43. The topological polar surface area (TPSA) is 49.4 Å². The predicted molar refractivity (Wildman–Crippen MR) is 62.9 cm³/mol. The van der Waals surface area contributed by atoms with Gasteiger partial charge in [0, 0.05) is 24.9 Å². The quantitative estimate of drug-likeness (QED) is 0.580. The van der Waals surface area contributed by atoms with Gasteiger partial charge in [-0.05, 0) is 40.2 Å². The second-order valence-corrected chi connectivity index (χ2v) is 5.32. The van der Waals surface area contributed by atoms with Gasteiger partial charge in [-0.2, -0.15) is 0 Å². The van der Waals surface area contributed by atoms with Crippen LogP contribution in [0, 0.1) is 0 Å². The number of nitrogens with one attached hydrogen (secondary N) is 1. The summed E-state index contributed by atoms with van der Waals surface area (Å²) in [6.07, 6.45) is 2.60. The Morgan fingerprint density at radius 2 is 1.75 bits per heavy atom. The third-order valence-corrected chi connectivity index (χ3v) is 2.60. The van der Waals surface area contributed by atoms with E-state index in [1.54, 1.807) is 0 Å². The second-order valence-electron chi connectivity index (χ2n) is 5.32. The molecule has 1 N–H and O–H groups in total. The minimum Gasteiger partial charge on any atom is -0.312 e. The zero-order chi connectivity index (χ0) is 12.2. The lowest BCUT2D eigenvalue weighted by atomic mass is 10.1. The Hall–Kier alpha value is -0.900. The number of amides is 2. The fourth-order valence-corrected chi connectivity index (χ4v) is 1.75. The van der Waals surface area contributed by atoms with E-state index < -0.39 is 0 Å². The highest BCUT2D eigenvalue weighted by molar-refractivity contribution is 5.97. The van der Waals surface area contributed by atoms with Crippen molar-refractivity contribution in [2.24, 2.45) is 0 Å². The highest BCUT2D eigenvalue weighted by atomic mass is 16.2. The lowest BCUT2D eigenvalue weighted by molar-refractivity contribution is -0.147. The highest BCUT2D eigenvalue weighted by Crippen LogP contribution is 2.12. The van der Waals surface area contributed by atoms with Crippen LogP contribution in [0.3, 0.4) is 0 Å². The number of hydrogen-bond donors (Lipinski definition) is 1. The number of likely N-dealkylation sites (tertiary alicyclic amines) is 1. The zero-order valence-corrected chi connectivity index (χ0v) is 10.5. The lowest BCUT2D eigenvalue weighted by Gasteiger charge is -2.26. The smallest absolute Gasteiger partial charge is 0.229 e. The molecule has 1 rings (SSSR count). The van der Waals surface area contributed by atoms with E-state index in [-0.39, 0.29) is 17.4 Å². The molecule has 0 radical (unpaired) electrons. The van der Waals surface area contributed by atoms with E-state index in [2.05, 4.69) is 26.1 Å². The highest BCUT2D eigenvalue weighted by Gasteiger charge is 2.25. The first-order valence-electron chi connectivity index (χ1n) is 5.98. The summed E-state index contributed by atoms with van der Waals surface area (Å²) in [5, 5.41) is 3.34. The average Bonchev–Trinajstić information content (AvgIpc) is 2.14. The Morgan fingerprint density at radius 3 is 2.25 bits per heavy atom. The van der Waals surface area contributed by atoms with Crippen LogP contribution in [-0.4, -0.2) is 35.3 Å². The monoisotopic (exact) mass is 226 g/mol. The van der Waals surface area contributed by atoms with Crippen molar-refractivity contribution in [1.82, 2.24) is 10.2 Å². The van der Waals surface area contributed by atoms with E-state index >= 15 is 0 Å². The summed E-state index contributed by atoms with van der Waals surface area (Å²) in [6.45, 7) is 7.69. The van der Waals surface area contributed by atoms with Gasteiger partial charge in [0.1, 0.15) is 0 Å². The SMILES string of the molecule is CC(C)(C)NCCCN1C(=O)CCCC1=O. The van der Waals surface area contributed by atoms with E-state index in [0.29, 0.717) is 25.8 Å². The summed E-state index contributed by atoms with van der Waals surface area (Å²) in [4.78, 5) is 24.4. The molecule has 0 aromatic heterocycles. The molecule has 0 spiro atoms. The number of hydrogen-bond acceptors (Lipinski definition) is 3. The van der Waals surface area contributed by atoms with Crippen LogP contribution in [0.15, 0.2) is 0 Å². The molecule has 1 heterocycles. The number of carbonyl (C=O) groups excluding carboxylic acids is 2. The summed E-state index contributed by atoms with van der Waals surface area (Å²) >= 11 is 0. The van der Waals surface area contributed by atoms with E-state index in [1.165, 1.54) is 4.90 Å². The van der Waals surface area contributed by atoms with Crippen LogP contribution in [0.4, 0.5) is 0 Å². The van der Waals surface area contributed by atoms with Crippen LogP contribution in [-0.2, 0) is 9.59 Å². The van der Waals surface area contributed by atoms with Gasteiger partial charge in [0.25, 0.3) is 0 Å². The van der Waals surface area contributed by atoms with Crippen molar-refractivity contribution in [1.29, 1.82) is 0 Å². The molecule has 1 aliphatic heterocycles. The van der Waals surface area contributed by atoms with Gasteiger partial charge in [0.2, 0.25) is 11.8 Å². The van der Waals surface area contributed by atoms with Crippen molar-refractivity contribution in [3.8, 4) is 0 Å². The summed E-state index contributed by atoms with van der Waals surface area (Å²) in [5.41, 5.74) is 0.0932. The van der Waals surface area contributed by atoms with E-state index in [9.17, 15) is 9.59 Å². The van der Waals surface area contributed by atoms with Crippen molar-refractivity contribution in [2.45, 2.75) is 52.0 Å². The molecular weight excluding hydrogens is 204 g/mol. The maximum Gasteiger partial charge on any atom is 0.229 e. The molecular formula is C12H22N2O2. The standard InChI is InChI=1S/C12H22N2O2/c1-12(2,3)13-8-5-9-14-10(15)6-4-7-11(14)16/h13H,4-9H2,1-3H3. The third kappa shape index (κ3) is 4.31. The van der Waals surface area contributed by atoms with Crippen LogP contribution in [0.25, 0.3) is 0 Å². The van der Waals surface area contributed by atoms with Crippen LogP contribution < -0.4 is 5.32 Å². The minimum atomic E-state index is -0.00740. The van der Waals surface area contributed by atoms with Gasteiger partial charge in [-0.1, -0.05) is 0 Å². The number of carbonyl (C=O) groups is 2. The fourth-order valence-electron chi connectivity index (χ4n) is 1.75. The molecule has 92 valence electrons. The Morgan fingerprint density at radius 1 is 1.19 bits per heavy atom. The Balaban J connectivity index is 2.26. The molecule has 16 heavy (non-hydrogen) atoms. The van der Waals surface area contributed by atoms with Gasteiger partial charge in [-0.3, -0.25) is 14.5 Å². The van der Waals surface area contributed by atoms with Gasteiger partial charge in [-0.25, -0.2) is 0 Å². The molecule has 0 bridgehead atoms. The minimum absolute atomic E-state index is 0.00740. The predicted octanol–water partition coefficient (Wildman–Crippen LogP) is 1.30. The molecule has 1 aliphatic rings. The van der Waals surface area contributed by atoms with Crippen molar-refractivity contribution in [2.75, 3.05) is 13.1 Å². The molecule has 1 saturated heterocycles. The van der Waals surface area contributed by atoms with Crippen molar-refractivity contribution in [3.63, 3.8) is 0 Å². The summed E-state index contributed by atoms with van der Waals surface area (Å²) in [7, 11) is 0. The molecule has 0 atom stereocenters. The van der Waals surface area contributed by atoms with Crippen LogP contribution in [0.1, 0.15) is 46.5 Å². The molecule has 4 heteroatoms. The molecule has 0 aromatic carbocycles. The first-order chi connectivity index (χ1) is 7.40. The molecule has 0 aliphatic carbocycles. The third-order valence-electron chi connectivity index (χ3n) is 2.60. The molecule has 1 fully saturated rings. The normalized spacial score (nSPS) is 18.1. The van der Waals surface area contributed by atoms with Crippen LogP contribution in [0.5, 0.6) is 0 Å². The van der Waals surface area contributed by atoms with Crippen LogP contribution in [0.2, 0.25) is 0 Å². The van der Waals surface area contributed by atoms with Gasteiger partial charge >= 0.3 is 0 Å². The van der Waals surface area contributed by atoms with E-state index in [4.69, 9.17) is 0 Å². The Kier molecular flexibility index (Phi) is 4.47. The summed E-state index contributed by atoms with van der Waals surface area (Å²) in [5.74, 6) is -0.0148. The molecule has 2 amide bonds. The zero-order valence-electron chi connectivity index (χ0n) is 10.5. The maximum absolute atomic E-state index is 11.5. The molecule has 0 saturated carbocycles. The molecule has 0 unspecified atom stereocenters. The van der Waals surface area contributed by atoms with Crippen molar-refractivity contribution < 1.29 is 9.59 Å². The van der Waals surface area contributed by atoms with Gasteiger partial charge in [0.15, 0.2) is 0 Å². The van der Waals surface area contributed by atoms with E-state index in [1.807, 2.05) is 0 Å². The maximum atomic E-state index is 11.5. The number of piperidine rings is 1.